The van der Waals surface area contributed by atoms with Crippen LogP contribution in [0, 0.1) is 6.92 Å². The van der Waals surface area contributed by atoms with E-state index >= 15 is 0 Å². The van der Waals surface area contributed by atoms with E-state index in [0.29, 0.717) is 15.7 Å². The number of nitrogens with one attached hydrogen (secondary N) is 2. The molecule has 134 valence electrons. The lowest BCUT2D eigenvalue weighted by atomic mass is 10.0. The number of anilines is 1. The Morgan fingerprint density at radius 2 is 1.73 bits per heavy atom. The van der Waals surface area contributed by atoms with Crippen LogP contribution in [-0.4, -0.2) is 12.5 Å². The number of thiophene rings is 1. The number of aryl methyl sites for hydroxylation is 1. The van der Waals surface area contributed by atoms with Crippen LogP contribution in [0.3, 0.4) is 0 Å². The summed E-state index contributed by atoms with van der Waals surface area (Å²) in [6.45, 7) is 2.19. The van der Waals surface area contributed by atoms with Crippen LogP contribution < -0.4 is 10.6 Å². The summed E-state index contributed by atoms with van der Waals surface area (Å²) in [6.07, 6.45) is 0. The van der Waals surface area contributed by atoms with E-state index in [2.05, 4.69) is 47.9 Å². The molecule has 3 aromatic rings. The topological polar surface area (TPSA) is 41.1 Å². The number of hydrogen-bond acceptors (Lipinski definition) is 3. The van der Waals surface area contributed by atoms with Gasteiger partial charge in [0.05, 0.1) is 28.3 Å². The molecule has 1 atom stereocenters. The standard InChI is InChI=1S/C20H18Cl2N2OS/c1-13-7-9-14(10-8-13)19(17-6-3-11-26-17)23-12-18(25)24-20-15(21)4-2-5-16(20)22/h2-11,19,23H,12H2,1H3,(H,24,25)/t19-/m0/s1. The zero-order chi connectivity index (χ0) is 18.5. The Kier molecular flexibility index (Phi) is 6.33. The third-order valence-corrected chi connectivity index (χ3v) is 5.50. The van der Waals surface area contributed by atoms with E-state index in [0.717, 1.165) is 10.4 Å². The zero-order valence-corrected chi connectivity index (χ0v) is 16.5. The van der Waals surface area contributed by atoms with Crippen molar-refractivity contribution in [2.75, 3.05) is 11.9 Å². The van der Waals surface area contributed by atoms with E-state index in [-0.39, 0.29) is 18.5 Å². The van der Waals surface area contributed by atoms with E-state index in [1.165, 1.54) is 5.56 Å². The molecule has 1 aromatic heterocycles. The van der Waals surface area contributed by atoms with Gasteiger partial charge in [0.15, 0.2) is 0 Å². The molecule has 0 unspecified atom stereocenters. The van der Waals surface area contributed by atoms with Crippen molar-refractivity contribution in [1.82, 2.24) is 5.32 Å². The second-order valence-corrected chi connectivity index (χ2v) is 7.68. The van der Waals surface area contributed by atoms with Crippen molar-refractivity contribution >= 4 is 46.1 Å². The van der Waals surface area contributed by atoms with Crippen LogP contribution in [0.1, 0.15) is 22.0 Å². The smallest absolute Gasteiger partial charge is 0.238 e. The van der Waals surface area contributed by atoms with Crippen LogP contribution in [-0.2, 0) is 4.79 Å². The predicted molar refractivity (Wildman–Crippen MR) is 110 cm³/mol. The van der Waals surface area contributed by atoms with Gasteiger partial charge in [0.2, 0.25) is 5.91 Å². The predicted octanol–water partition coefficient (Wildman–Crippen LogP) is 5.68. The first-order valence-corrected chi connectivity index (χ1v) is 9.75. The highest BCUT2D eigenvalue weighted by Gasteiger charge is 2.17. The van der Waals surface area contributed by atoms with E-state index in [1.54, 1.807) is 29.5 Å². The third-order valence-electron chi connectivity index (χ3n) is 3.93. The molecule has 1 amide bonds. The van der Waals surface area contributed by atoms with Crippen molar-refractivity contribution in [3.8, 4) is 0 Å². The molecule has 2 aromatic carbocycles. The number of hydrogen-bond donors (Lipinski definition) is 2. The summed E-state index contributed by atoms with van der Waals surface area (Å²) in [5, 5.41) is 8.97. The van der Waals surface area contributed by atoms with Gasteiger partial charge in [-0.3, -0.25) is 10.1 Å². The molecule has 0 aliphatic heterocycles. The SMILES string of the molecule is Cc1ccc([C@H](NCC(=O)Nc2c(Cl)cccc2Cl)c2cccs2)cc1. The number of rotatable bonds is 6. The summed E-state index contributed by atoms with van der Waals surface area (Å²) in [7, 11) is 0. The monoisotopic (exact) mass is 404 g/mol. The van der Waals surface area contributed by atoms with Gasteiger partial charge in [-0.05, 0) is 36.1 Å². The molecule has 3 nitrogen and oxygen atoms in total. The number of benzene rings is 2. The fourth-order valence-electron chi connectivity index (χ4n) is 2.59. The molecule has 1 heterocycles. The number of halogens is 2. The van der Waals surface area contributed by atoms with Gasteiger partial charge >= 0.3 is 0 Å². The fourth-order valence-corrected chi connectivity index (χ4v) is 3.91. The summed E-state index contributed by atoms with van der Waals surface area (Å²) in [5.74, 6) is -0.200. The Morgan fingerprint density at radius 3 is 2.35 bits per heavy atom. The van der Waals surface area contributed by atoms with Gasteiger partial charge < -0.3 is 5.32 Å². The van der Waals surface area contributed by atoms with Crippen LogP contribution in [0.2, 0.25) is 10.0 Å². The Hall–Kier alpha value is -1.85. The summed E-state index contributed by atoms with van der Waals surface area (Å²) in [5.41, 5.74) is 2.75. The second-order valence-electron chi connectivity index (χ2n) is 5.88. The minimum atomic E-state index is -0.200. The molecule has 0 radical (unpaired) electrons. The Labute approximate surface area is 167 Å². The van der Waals surface area contributed by atoms with Crippen molar-refractivity contribution in [2.45, 2.75) is 13.0 Å². The Morgan fingerprint density at radius 1 is 1.04 bits per heavy atom. The number of amides is 1. The largest absolute Gasteiger partial charge is 0.322 e. The van der Waals surface area contributed by atoms with E-state index in [4.69, 9.17) is 23.2 Å². The first-order chi connectivity index (χ1) is 12.5. The third kappa shape index (κ3) is 4.65. The summed E-state index contributed by atoms with van der Waals surface area (Å²) in [4.78, 5) is 13.5. The molecular formula is C20H18Cl2N2OS. The average Bonchev–Trinajstić information content (AvgIpc) is 3.14. The molecule has 0 spiro atoms. The molecule has 0 aliphatic rings. The normalized spacial score (nSPS) is 12.0. The molecule has 2 N–H and O–H groups in total. The number of carbonyl (C=O) groups is 1. The van der Waals surface area contributed by atoms with Crippen LogP contribution in [0.5, 0.6) is 0 Å². The van der Waals surface area contributed by atoms with Crippen molar-refractivity contribution in [2.24, 2.45) is 0 Å². The van der Waals surface area contributed by atoms with Gasteiger partial charge in [-0.25, -0.2) is 0 Å². The molecular weight excluding hydrogens is 387 g/mol. The molecule has 6 heteroatoms. The fraction of sp³-hybridized carbons (Fsp3) is 0.150. The van der Waals surface area contributed by atoms with E-state index < -0.39 is 0 Å². The Bertz CT molecular complexity index is 859. The molecule has 0 saturated carbocycles. The van der Waals surface area contributed by atoms with Crippen molar-refractivity contribution in [3.05, 3.63) is 86.0 Å². The molecule has 0 fully saturated rings. The molecule has 3 rings (SSSR count). The second kappa shape index (κ2) is 8.69. The Balaban J connectivity index is 1.72. The van der Waals surface area contributed by atoms with Crippen molar-refractivity contribution in [1.29, 1.82) is 0 Å². The van der Waals surface area contributed by atoms with Crippen LogP contribution in [0.15, 0.2) is 60.0 Å². The van der Waals surface area contributed by atoms with Crippen LogP contribution >= 0.6 is 34.5 Å². The molecule has 0 saturated heterocycles. The lowest BCUT2D eigenvalue weighted by Crippen LogP contribution is -2.31. The highest BCUT2D eigenvalue weighted by Crippen LogP contribution is 2.30. The highest BCUT2D eigenvalue weighted by molar-refractivity contribution is 7.10. The first kappa shape index (κ1) is 18.9. The first-order valence-electron chi connectivity index (χ1n) is 8.12. The maximum Gasteiger partial charge on any atom is 0.238 e. The highest BCUT2D eigenvalue weighted by atomic mass is 35.5. The van der Waals surface area contributed by atoms with Gasteiger partial charge in [0.25, 0.3) is 0 Å². The minimum absolute atomic E-state index is 0.0527. The van der Waals surface area contributed by atoms with Crippen molar-refractivity contribution < 1.29 is 4.79 Å². The van der Waals surface area contributed by atoms with Crippen molar-refractivity contribution in [3.63, 3.8) is 0 Å². The van der Waals surface area contributed by atoms with Gasteiger partial charge in [-0.2, -0.15) is 0 Å². The lowest BCUT2D eigenvalue weighted by molar-refractivity contribution is -0.115. The van der Waals surface area contributed by atoms with Gasteiger partial charge in [-0.1, -0.05) is 65.2 Å². The minimum Gasteiger partial charge on any atom is -0.322 e. The summed E-state index contributed by atoms with van der Waals surface area (Å²) >= 11 is 13.9. The number of para-hydroxylation sites is 1. The zero-order valence-electron chi connectivity index (χ0n) is 14.1. The lowest BCUT2D eigenvalue weighted by Gasteiger charge is -2.18. The van der Waals surface area contributed by atoms with Gasteiger partial charge in [0, 0.05) is 4.88 Å². The molecule has 0 aliphatic carbocycles. The quantitative estimate of drug-likeness (QED) is 0.554. The average molecular weight is 405 g/mol. The van der Waals surface area contributed by atoms with Crippen LogP contribution in [0.4, 0.5) is 5.69 Å². The van der Waals surface area contributed by atoms with E-state index in [9.17, 15) is 4.79 Å². The van der Waals surface area contributed by atoms with E-state index in [1.807, 2.05) is 11.4 Å². The maximum atomic E-state index is 12.4. The van der Waals surface area contributed by atoms with Crippen LogP contribution in [0.25, 0.3) is 0 Å². The summed E-state index contributed by atoms with van der Waals surface area (Å²) in [6, 6.07) is 17.4. The van der Waals surface area contributed by atoms with Gasteiger partial charge in [0.1, 0.15) is 0 Å². The number of carbonyl (C=O) groups excluding carboxylic acids is 1. The molecule has 0 bridgehead atoms. The summed E-state index contributed by atoms with van der Waals surface area (Å²) < 4.78 is 0. The maximum absolute atomic E-state index is 12.4. The van der Waals surface area contributed by atoms with Gasteiger partial charge in [-0.15, -0.1) is 11.3 Å². The molecule has 26 heavy (non-hydrogen) atoms.